The summed E-state index contributed by atoms with van der Waals surface area (Å²) in [5.74, 6) is 0. The Morgan fingerprint density at radius 2 is 2.33 bits per heavy atom. The van der Waals surface area contributed by atoms with Crippen LogP contribution in [-0.4, -0.2) is 28.0 Å². The van der Waals surface area contributed by atoms with Crippen LogP contribution < -0.4 is 5.73 Å². The number of rotatable bonds is 5. The van der Waals surface area contributed by atoms with Gasteiger partial charge in [-0.05, 0) is 25.4 Å². The van der Waals surface area contributed by atoms with Gasteiger partial charge < -0.3 is 10.3 Å². The first-order valence-electron chi connectivity index (χ1n) is 6.06. The second-order valence-corrected chi connectivity index (χ2v) is 5.52. The molecule has 0 radical (unpaired) electrons. The average molecular weight is 264 g/mol. The highest BCUT2D eigenvalue weighted by Crippen LogP contribution is 2.30. The molecule has 0 aliphatic heterocycles. The zero-order valence-corrected chi connectivity index (χ0v) is 11.9. The van der Waals surface area contributed by atoms with Crippen LogP contribution in [0.1, 0.15) is 29.6 Å². The van der Waals surface area contributed by atoms with Crippen LogP contribution in [0.15, 0.2) is 30.0 Å². The fourth-order valence-corrected chi connectivity index (χ4v) is 3.02. The molecule has 2 heterocycles. The Balaban J connectivity index is 2.20. The van der Waals surface area contributed by atoms with Gasteiger partial charge in [0.25, 0.3) is 0 Å². The lowest BCUT2D eigenvalue weighted by atomic mass is 10.1. The smallest absolute Gasteiger partial charge is 0.0946 e. The molecule has 0 aliphatic carbocycles. The Morgan fingerprint density at radius 3 is 2.83 bits per heavy atom. The van der Waals surface area contributed by atoms with Crippen LogP contribution in [-0.2, 0) is 7.05 Å². The van der Waals surface area contributed by atoms with Crippen molar-refractivity contribution in [2.45, 2.75) is 19.0 Å². The maximum Gasteiger partial charge on any atom is 0.0946 e. The molecule has 0 aliphatic rings. The van der Waals surface area contributed by atoms with E-state index >= 15 is 0 Å². The predicted molar refractivity (Wildman–Crippen MR) is 75.5 cm³/mol. The van der Waals surface area contributed by atoms with E-state index in [-0.39, 0.29) is 6.04 Å². The number of hydrogen-bond donors (Lipinski definition) is 1. The van der Waals surface area contributed by atoms with Crippen molar-refractivity contribution < 1.29 is 0 Å². The van der Waals surface area contributed by atoms with Gasteiger partial charge in [0.05, 0.1) is 18.1 Å². The lowest BCUT2D eigenvalue weighted by molar-refractivity contribution is 0.186. The fourth-order valence-electron chi connectivity index (χ4n) is 2.18. The largest absolute Gasteiger partial charge is 0.336 e. The van der Waals surface area contributed by atoms with Gasteiger partial charge in [-0.1, -0.05) is 6.07 Å². The third-order valence-corrected chi connectivity index (χ3v) is 4.52. The number of hydrogen-bond acceptors (Lipinski definition) is 4. The van der Waals surface area contributed by atoms with Crippen LogP contribution in [0.3, 0.4) is 0 Å². The fraction of sp³-hybridized carbons (Fsp3) is 0.462. The Bertz CT molecular complexity index is 477. The molecule has 4 nitrogen and oxygen atoms in total. The molecule has 0 bridgehead atoms. The van der Waals surface area contributed by atoms with Crippen molar-refractivity contribution >= 4 is 11.3 Å². The van der Waals surface area contributed by atoms with Gasteiger partial charge in [-0.2, -0.15) is 0 Å². The summed E-state index contributed by atoms with van der Waals surface area (Å²) in [5.41, 5.74) is 7.10. The maximum atomic E-state index is 5.95. The molecule has 0 aromatic carbocycles. The number of thiophene rings is 1. The maximum absolute atomic E-state index is 5.95. The molecular formula is C13H20N4S. The standard InChI is InChI=1S/C13H20N4S/c1-10(13-5-4-6-18-13)17(3)11(7-14)12-8-15-9-16(12)2/h4-6,8-11H,7,14H2,1-3H3. The first-order chi connectivity index (χ1) is 8.65. The minimum atomic E-state index is 0.189. The van der Waals surface area contributed by atoms with Crippen molar-refractivity contribution in [2.24, 2.45) is 12.8 Å². The highest BCUT2D eigenvalue weighted by atomic mass is 32.1. The molecule has 0 fully saturated rings. The van der Waals surface area contributed by atoms with Crippen LogP contribution in [0.5, 0.6) is 0 Å². The Labute approximate surface area is 112 Å². The summed E-state index contributed by atoms with van der Waals surface area (Å²) in [6, 6.07) is 4.80. The number of aryl methyl sites for hydroxylation is 1. The van der Waals surface area contributed by atoms with Gasteiger partial charge >= 0.3 is 0 Å². The highest BCUT2D eigenvalue weighted by molar-refractivity contribution is 7.10. The first-order valence-corrected chi connectivity index (χ1v) is 6.94. The number of imidazole rings is 1. The van der Waals surface area contributed by atoms with Gasteiger partial charge in [0.1, 0.15) is 0 Å². The van der Waals surface area contributed by atoms with Crippen molar-refractivity contribution in [2.75, 3.05) is 13.6 Å². The van der Waals surface area contributed by atoms with E-state index in [9.17, 15) is 0 Å². The van der Waals surface area contributed by atoms with E-state index in [0.717, 1.165) is 5.69 Å². The molecule has 2 aromatic heterocycles. The Kier molecular flexibility index (Phi) is 4.16. The van der Waals surface area contributed by atoms with Crippen LogP contribution in [0, 0.1) is 0 Å². The number of nitrogens with two attached hydrogens (primary N) is 1. The van der Waals surface area contributed by atoms with Crippen LogP contribution in [0.4, 0.5) is 0 Å². The van der Waals surface area contributed by atoms with E-state index < -0.39 is 0 Å². The first kappa shape index (κ1) is 13.3. The molecular weight excluding hydrogens is 244 g/mol. The summed E-state index contributed by atoms with van der Waals surface area (Å²) in [6.07, 6.45) is 3.72. The van der Waals surface area contributed by atoms with E-state index in [2.05, 4.69) is 41.4 Å². The SMILES string of the molecule is CC(c1cccs1)N(C)C(CN)c1cncn1C. The summed E-state index contributed by atoms with van der Waals surface area (Å²) in [6.45, 7) is 2.80. The Morgan fingerprint density at radius 1 is 1.56 bits per heavy atom. The van der Waals surface area contributed by atoms with E-state index in [1.54, 1.807) is 11.3 Å². The van der Waals surface area contributed by atoms with Crippen molar-refractivity contribution in [3.05, 3.63) is 40.6 Å². The molecule has 2 N–H and O–H groups in total. The predicted octanol–water partition coefficient (Wildman–Crippen LogP) is 2.17. The lowest BCUT2D eigenvalue weighted by Gasteiger charge is -2.32. The van der Waals surface area contributed by atoms with E-state index in [4.69, 9.17) is 5.73 Å². The molecule has 98 valence electrons. The summed E-state index contributed by atoms with van der Waals surface area (Å²) in [5, 5.41) is 2.11. The number of likely N-dealkylation sites (N-methyl/N-ethyl adjacent to an activating group) is 1. The molecule has 2 unspecified atom stereocenters. The van der Waals surface area contributed by atoms with Gasteiger partial charge in [0.15, 0.2) is 0 Å². The Hall–Kier alpha value is -1.17. The van der Waals surface area contributed by atoms with Crippen LogP contribution >= 0.6 is 11.3 Å². The van der Waals surface area contributed by atoms with Gasteiger partial charge in [-0.3, -0.25) is 4.90 Å². The van der Waals surface area contributed by atoms with Crippen molar-refractivity contribution in [3.63, 3.8) is 0 Å². The third kappa shape index (κ3) is 2.48. The minimum absolute atomic E-state index is 0.189. The van der Waals surface area contributed by atoms with Crippen LogP contribution in [0.2, 0.25) is 0 Å². The van der Waals surface area contributed by atoms with Crippen molar-refractivity contribution in [3.8, 4) is 0 Å². The second kappa shape index (κ2) is 5.65. The molecule has 0 spiro atoms. The molecule has 18 heavy (non-hydrogen) atoms. The van der Waals surface area contributed by atoms with Gasteiger partial charge in [0.2, 0.25) is 0 Å². The zero-order valence-electron chi connectivity index (χ0n) is 11.1. The average Bonchev–Trinajstić information content (AvgIpc) is 3.01. The monoisotopic (exact) mass is 264 g/mol. The quantitative estimate of drug-likeness (QED) is 0.900. The minimum Gasteiger partial charge on any atom is -0.336 e. The second-order valence-electron chi connectivity index (χ2n) is 4.54. The molecule has 2 atom stereocenters. The van der Waals surface area contributed by atoms with E-state index in [0.29, 0.717) is 12.6 Å². The summed E-state index contributed by atoms with van der Waals surface area (Å²) >= 11 is 1.78. The van der Waals surface area contributed by atoms with Gasteiger partial charge in [-0.25, -0.2) is 4.98 Å². The molecule has 0 saturated heterocycles. The van der Waals surface area contributed by atoms with Crippen LogP contribution in [0.25, 0.3) is 0 Å². The molecule has 2 aromatic rings. The normalized spacial score (nSPS) is 14.9. The molecule has 2 rings (SSSR count). The third-order valence-electron chi connectivity index (χ3n) is 3.48. The topological polar surface area (TPSA) is 47.1 Å². The van der Waals surface area contributed by atoms with E-state index in [1.807, 2.05) is 24.1 Å². The number of aromatic nitrogens is 2. The number of nitrogens with zero attached hydrogens (tertiary/aromatic N) is 3. The zero-order chi connectivity index (χ0) is 13.1. The summed E-state index contributed by atoms with van der Waals surface area (Å²) < 4.78 is 2.04. The van der Waals surface area contributed by atoms with Gasteiger partial charge in [0, 0.05) is 30.7 Å². The summed E-state index contributed by atoms with van der Waals surface area (Å²) in [7, 11) is 4.13. The molecule has 0 amide bonds. The lowest BCUT2D eigenvalue weighted by Crippen LogP contribution is -2.33. The highest BCUT2D eigenvalue weighted by Gasteiger charge is 2.23. The van der Waals surface area contributed by atoms with Crippen molar-refractivity contribution in [1.82, 2.24) is 14.5 Å². The van der Waals surface area contributed by atoms with Crippen molar-refractivity contribution in [1.29, 1.82) is 0 Å². The summed E-state index contributed by atoms with van der Waals surface area (Å²) in [4.78, 5) is 7.85. The van der Waals surface area contributed by atoms with Gasteiger partial charge in [-0.15, -0.1) is 11.3 Å². The van der Waals surface area contributed by atoms with E-state index in [1.165, 1.54) is 4.88 Å². The molecule has 0 saturated carbocycles. The molecule has 5 heteroatoms.